The normalized spacial score (nSPS) is 17.5. The monoisotopic (exact) mass is 382 g/mol. The number of unbranched alkanes of at least 4 members (excludes halogenated alkanes) is 1. The number of hydrogen-bond acceptors (Lipinski definition) is 3. The smallest absolute Gasteiger partial charge is 0.225 e. The number of β-lactam (4-membered cyclic amide) rings is 1. The van der Waals surface area contributed by atoms with Gasteiger partial charge in [0.05, 0.1) is 12.5 Å². The van der Waals surface area contributed by atoms with Crippen molar-refractivity contribution in [1.82, 2.24) is 9.88 Å². The van der Waals surface area contributed by atoms with Gasteiger partial charge in [-0.2, -0.15) is 6.42 Å². The number of amides is 1. The summed E-state index contributed by atoms with van der Waals surface area (Å²) in [6, 6.07) is 5.36. The molecule has 111 valence electrons. The summed E-state index contributed by atoms with van der Waals surface area (Å²) in [4.78, 5) is 17.4. The number of carbonyl (C=O) groups is 1. The SMILES string of the molecule is [CH2-]CC/C=C\CN1C(=O)C[C@@H]1COc1cccc(Cl)n1.[Y]. The third-order valence-electron chi connectivity index (χ3n) is 3.12. The van der Waals surface area contributed by atoms with E-state index in [0.717, 1.165) is 12.8 Å². The molecule has 1 radical (unpaired) electrons. The van der Waals surface area contributed by atoms with Crippen LogP contribution in [0.2, 0.25) is 5.15 Å². The van der Waals surface area contributed by atoms with Crippen LogP contribution in [0.4, 0.5) is 0 Å². The molecule has 2 rings (SSSR count). The molecular formula is C15H18ClN2O2Y-. The molecule has 1 saturated heterocycles. The van der Waals surface area contributed by atoms with Crippen LogP contribution in [0.15, 0.2) is 30.4 Å². The Labute approximate surface area is 155 Å². The van der Waals surface area contributed by atoms with Crippen molar-refractivity contribution in [2.45, 2.75) is 25.3 Å². The van der Waals surface area contributed by atoms with Crippen molar-refractivity contribution in [2.24, 2.45) is 0 Å². The third-order valence-corrected chi connectivity index (χ3v) is 3.33. The summed E-state index contributed by atoms with van der Waals surface area (Å²) in [6.07, 6.45) is 6.40. The van der Waals surface area contributed by atoms with Gasteiger partial charge in [0.15, 0.2) is 0 Å². The standard InChI is InChI=1S/C15H18ClN2O2.Y/c1-2-3-4-5-9-18-12(10-15(18)19)11-20-14-8-6-7-13(16)17-14;/h4-8,12H,1-3,9-11H2;/q-1;/b5-4-;/t12-;/m1./s1. The summed E-state index contributed by atoms with van der Waals surface area (Å²) in [7, 11) is 0. The Kier molecular flexibility index (Phi) is 8.46. The Morgan fingerprint density at radius 2 is 2.29 bits per heavy atom. The molecule has 1 aromatic rings. The molecule has 1 aliphatic heterocycles. The number of rotatable bonds is 7. The molecule has 2 heterocycles. The Balaban J connectivity index is 0.00000220. The van der Waals surface area contributed by atoms with Crippen LogP contribution in [-0.2, 0) is 37.5 Å². The number of pyridine rings is 1. The largest absolute Gasteiger partial charge is 0.475 e. The zero-order valence-corrected chi connectivity index (χ0v) is 15.5. The van der Waals surface area contributed by atoms with Crippen LogP contribution < -0.4 is 4.74 Å². The first-order valence-corrected chi connectivity index (χ1v) is 7.07. The molecule has 0 bridgehead atoms. The minimum atomic E-state index is 0. The zero-order chi connectivity index (χ0) is 14.4. The molecule has 4 nitrogen and oxygen atoms in total. The van der Waals surface area contributed by atoms with E-state index in [9.17, 15) is 4.79 Å². The molecule has 0 N–H and O–H groups in total. The van der Waals surface area contributed by atoms with Gasteiger partial charge in [0, 0.05) is 45.3 Å². The number of hydrogen-bond donors (Lipinski definition) is 0. The summed E-state index contributed by atoms with van der Waals surface area (Å²) in [6.45, 7) is 4.85. The Morgan fingerprint density at radius 3 is 2.95 bits per heavy atom. The second kappa shape index (κ2) is 9.55. The van der Waals surface area contributed by atoms with Crippen LogP contribution in [0.3, 0.4) is 0 Å². The fourth-order valence-electron chi connectivity index (χ4n) is 2.00. The second-order valence-electron chi connectivity index (χ2n) is 4.63. The number of aromatic nitrogens is 1. The Morgan fingerprint density at radius 1 is 1.48 bits per heavy atom. The minimum absolute atomic E-state index is 0. The molecule has 1 aliphatic rings. The van der Waals surface area contributed by atoms with Crippen molar-refractivity contribution in [3.8, 4) is 5.88 Å². The van der Waals surface area contributed by atoms with Crippen LogP contribution >= 0.6 is 11.6 Å². The second-order valence-corrected chi connectivity index (χ2v) is 5.01. The predicted octanol–water partition coefficient (Wildman–Crippen LogP) is 2.88. The van der Waals surface area contributed by atoms with Gasteiger partial charge in [-0.05, 0) is 6.07 Å². The van der Waals surface area contributed by atoms with E-state index in [1.165, 1.54) is 0 Å². The molecular weight excluding hydrogens is 365 g/mol. The van der Waals surface area contributed by atoms with Gasteiger partial charge < -0.3 is 16.6 Å². The maximum Gasteiger partial charge on any atom is 0.225 e. The first kappa shape index (κ1) is 18.6. The van der Waals surface area contributed by atoms with Crippen molar-refractivity contribution in [1.29, 1.82) is 0 Å². The molecule has 0 aliphatic carbocycles. The first-order chi connectivity index (χ1) is 9.70. The van der Waals surface area contributed by atoms with E-state index in [-0.39, 0.29) is 44.7 Å². The van der Waals surface area contributed by atoms with Gasteiger partial charge >= 0.3 is 0 Å². The van der Waals surface area contributed by atoms with Gasteiger partial charge in [-0.1, -0.05) is 36.2 Å². The average Bonchev–Trinajstić information content (AvgIpc) is 2.43. The predicted molar refractivity (Wildman–Crippen MR) is 78.6 cm³/mol. The number of ether oxygens (including phenoxy) is 1. The number of likely N-dealkylation sites (tertiary alicyclic amines) is 1. The van der Waals surface area contributed by atoms with Gasteiger partial charge in [-0.3, -0.25) is 4.79 Å². The summed E-state index contributed by atoms with van der Waals surface area (Å²) < 4.78 is 5.57. The van der Waals surface area contributed by atoms with Gasteiger partial charge in [0.2, 0.25) is 11.8 Å². The van der Waals surface area contributed by atoms with E-state index in [1.807, 2.05) is 11.0 Å². The quantitative estimate of drug-likeness (QED) is 0.315. The fourth-order valence-corrected chi connectivity index (χ4v) is 2.15. The summed E-state index contributed by atoms with van der Waals surface area (Å²) in [5.41, 5.74) is 0. The summed E-state index contributed by atoms with van der Waals surface area (Å²) in [5.74, 6) is 0.654. The summed E-state index contributed by atoms with van der Waals surface area (Å²) in [5, 5.41) is 0.403. The minimum Gasteiger partial charge on any atom is -0.475 e. The van der Waals surface area contributed by atoms with Crippen LogP contribution in [0, 0.1) is 6.92 Å². The van der Waals surface area contributed by atoms with Gasteiger partial charge in [-0.25, -0.2) is 4.98 Å². The Hall–Kier alpha value is -0.446. The van der Waals surface area contributed by atoms with Gasteiger partial charge in [0.1, 0.15) is 11.8 Å². The Bertz CT molecular complexity index is 496. The van der Waals surface area contributed by atoms with E-state index in [0.29, 0.717) is 30.6 Å². The van der Waals surface area contributed by atoms with Crippen LogP contribution in [0.1, 0.15) is 19.3 Å². The molecule has 0 spiro atoms. The molecule has 1 amide bonds. The van der Waals surface area contributed by atoms with Crippen molar-refractivity contribution in [3.63, 3.8) is 0 Å². The van der Waals surface area contributed by atoms with E-state index < -0.39 is 0 Å². The first-order valence-electron chi connectivity index (χ1n) is 6.70. The van der Waals surface area contributed by atoms with Crippen molar-refractivity contribution in [3.05, 3.63) is 42.4 Å². The number of carbonyl (C=O) groups excluding carboxylic acids is 1. The van der Waals surface area contributed by atoms with Crippen molar-refractivity contribution in [2.75, 3.05) is 13.2 Å². The average molecular weight is 383 g/mol. The van der Waals surface area contributed by atoms with Crippen molar-refractivity contribution < 1.29 is 42.2 Å². The summed E-state index contributed by atoms with van der Waals surface area (Å²) >= 11 is 5.79. The maximum atomic E-state index is 11.6. The van der Waals surface area contributed by atoms with Gasteiger partial charge in [0.25, 0.3) is 0 Å². The molecule has 0 saturated carbocycles. The molecule has 1 fully saturated rings. The molecule has 6 heteroatoms. The third kappa shape index (κ3) is 5.69. The molecule has 1 atom stereocenters. The van der Waals surface area contributed by atoms with E-state index in [2.05, 4.69) is 18.0 Å². The topological polar surface area (TPSA) is 42.4 Å². The maximum absolute atomic E-state index is 11.6. The molecule has 21 heavy (non-hydrogen) atoms. The van der Waals surface area contributed by atoms with E-state index in [4.69, 9.17) is 16.3 Å². The van der Waals surface area contributed by atoms with Gasteiger partial charge in [-0.15, -0.1) is 0 Å². The van der Waals surface area contributed by atoms with Crippen LogP contribution in [-0.4, -0.2) is 35.0 Å². The number of halogens is 1. The molecule has 0 aromatic carbocycles. The number of nitrogens with zero attached hydrogens (tertiary/aromatic N) is 2. The molecule has 1 aromatic heterocycles. The van der Waals surface area contributed by atoms with Crippen LogP contribution in [0.5, 0.6) is 5.88 Å². The zero-order valence-electron chi connectivity index (χ0n) is 11.9. The number of allylic oxidation sites excluding steroid dienone is 1. The van der Waals surface area contributed by atoms with E-state index >= 15 is 0 Å². The van der Waals surface area contributed by atoms with Crippen molar-refractivity contribution >= 4 is 17.5 Å². The molecule has 0 unspecified atom stereocenters. The van der Waals surface area contributed by atoms with E-state index in [1.54, 1.807) is 18.2 Å². The van der Waals surface area contributed by atoms with Crippen LogP contribution in [0.25, 0.3) is 0 Å². The fraction of sp³-hybridized carbons (Fsp3) is 0.400.